The lowest BCUT2D eigenvalue weighted by Gasteiger charge is -2.26. The summed E-state index contributed by atoms with van der Waals surface area (Å²) >= 11 is 0. The molecule has 0 fully saturated rings. The summed E-state index contributed by atoms with van der Waals surface area (Å²) in [5.74, 6) is 1.33. The molecule has 84 valence electrons. The van der Waals surface area contributed by atoms with Crippen molar-refractivity contribution in [2.45, 2.75) is 32.8 Å². The average molecular weight is 209 g/mol. The van der Waals surface area contributed by atoms with Gasteiger partial charge in [0, 0.05) is 0 Å². The van der Waals surface area contributed by atoms with Gasteiger partial charge in [-0.15, -0.1) is 0 Å². The van der Waals surface area contributed by atoms with Crippen molar-refractivity contribution in [3.63, 3.8) is 0 Å². The molecule has 0 aliphatic heterocycles. The van der Waals surface area contributed by atoms with Crippen molar-refractivity contribution in [2.24, 2.45) is 0 Å². The molecule has 0 aliphatic rings. The third-order valence-electron chi connectivity index (χ3n) is 2.48. The van der Waals surface area contributed by atoms with E-state index in [0.717, 1.165) is 6.42 Å². The maximum Gasteiger partial charge on any atom is 0.146 e. The van der Waals surface area contributed by atoms with Gasteiger partial charge in [0.2, 0.25) is 0 Å². The van der Waals surface area contributed by atoms with Gasteiger partial charge in [0.25, 0.3) is 0 Å². The molecule has 0 aliphatic carbocycles. The van der Waals surface area contributed by atoms with Crippen LogP contribution in [0.3, 0.4) is 0 Å². The maximum absolute atomic E-state index is 5.91. The third kappa shape index (κ3) is 2.78. The second kappa shape index (κ2) is 4.43. The Hall–Kier alpha value is -1.38. The predicted molar refractivity (Wildman–Crippen MR) is 62.4 cm³/mol. The Balaban J connectivity index is 2.95. The molecule has 0 bridgehead atoms. The van der Waals surface area contributed by atoms with Crippen molar-refractivity contribution in [2.75, 3.05) is 12.8 Å². The van der Waals surface area contributed by atoms with E-state index in [1.807, 2.05) is 32.0 Å². The zero-order valence-corrected chi connectivity index (χ0v) is 9.83. The van der Waals surface area contributed by atoms with E-state index in [2.05, 4.69) is 6.92 Å². The molecule has 0 unspecified atom stereocenters. The zero-order valence-electron chi connectivity index (χ0n) is 9.83. The molecule has 0 amide bonds. The Kier molecular flexibility index (Phi) is 3.45. The van der Waals surface area contributed by atoms with Crippen LogP contribution in [0.4, 0.5) is 5.69 Å². The van der Waals surface area contributed by atoms with Gasteiger partial charge < -0.3 is 15.2 Å². The van der Waals surface area contributed by atoms with Gasteiger partial charge in [-0.05, 0) is 32.4 Å². The number of para-hydroxylation sites is 1. The quantitative estimate of drug-likeness (QED) is 0.775. The first-order valence-corrected chi connectivity index (χ1v) is 5.11. The van der Waals surface area contributed by atoms with E-state index in [1.165, 1.54) is 0 Å². The number of anilines is 1. The fourth-order valence-corrected chi connectivity index (χ4v) is 1.16. The molecule has 3 nitrogen and oxygen atoms in total. The van der Waals surface area contributed by atoms with Crippen LogP contribution in [-0.4, -0.2) is 12.7 Å². The molecule has 0 radical (unpaired) electrons. The lowest BCUT2D eigenvalue weighted by molar-refractivity contribution is 0.106. The SMILES string of the molecule is CCC(C)(C)Oc1cccc(OC)c1N. The van der Waals surface area contributed by atoms with Crippen LogP contribution in [0.1, 0.15) is 27.2 Å². The summed E-state index contributed by atoms with van der Waals surface area (Å²) in [4.78, 5) is 0. The molecular formula is C12H19NO2. The van der Waals surface area contributed by atoms with Crippen LogP contribution in [0.5, 0.6) is 11.5 Å². The number of rotatable bonds is 4. The lowest BCUT2D eigenvalue weighted by Crippen LogP contribution is -2.27. The van der Waals surface area contributed by atoms with E-state index in [0.29, 0.717) is 17.2 Å². The van der Waals surface area contributed by atoms with E-state index < -0.39 is 0 Å². The van der Waals surface area contributed by atoms with Gasteiger partial charge in [0.1, 0.15) is 22.8 Å². The van der Waals surface area contributed by atoms with Crippen molar-refractivity contribution in [3.05, 3.63) is 18.2 Å². The molecule has 1 rings (SSSR count). The molecule has 0 saturated heterocycles. The van der Waals surface area contributed by atoms with Gasteiger partial charge in [0.05, 0.1) is 7.11 Å². The van der Waals surface area contributed by atoms with E-state index >= 15 is 0 Å². The Bertz CT molecular complexity index is 334. The summed E-state index contributed by atoms with van der Waals surface area (Å²) in [6.07, 6.45) is 0.920. The van der Waals surface area contributed by atoms with Gasteiger partial charge in [-0.25, -0.2) is 0 Å². The zero-order chi connectivity index (χ0) is 11.5. The summed E-state index contributed by atoms with van der Waals surface area (Å²) in [7, 11) is 1.60. The average Bonchev–Trinajstić information content (AvgIpc) is 2.21. The van der Waals surface area contributed by atoms with Crippen molar-refractivity contribution in [3.8, 4) is 11.5 Å². The summed E-state index contributed by atoms with van der Waals surface area (Å²) in [6.45, 7) is 6.15. The Morgan fingerprint density at radius 3 is 2.40 bits per heavy atom. The second-order valence-corrected chi connectivity index (χ2v) is 4.09. The van der Waals surface area contributed by atoms with Gasteiger partial charge >= 0.3 is 0 Å². The molecule has 0 spiro atoms. The second-order valence-electron chi connectivity index (χ2n) is 4.09. The van der Waals surface area contributed by atoms with Crippen LogP contribution < -0.4 is 15.2 Å². The number of benzene rings is 1. The summed E-state index contributed by atoms with van der Waals surface area (Å²) in [5, 5.41) is 0. The van der Waals surface area contributed by atoms with Gasteiger partial charge in [-0.1, -0.05) is 13.0 Å². The topological polar surface area (TPSA) is 44.5 Å². The van der Waals surface area contributed by atoms with E-state index in [4.69, 9.17) is 15.2 Å². The van der Waals surface area contributed by atoms with Crippen molar-refractivity contribution >= 4 is 5.69 Å². The Labute approximate surface area is 91.2 Å². The number of hydrogen-bond donors (Lipinski definition) is 1. The molecule has 1 aromatic rings. The minimum Gasteiger partial charge on any atom is -0.494 e. The van der Waals surface area contributed by atoms with Crippen LogP contribution in [0.2, 0.25) is 0 Å². The van der Waals surface area contributed by atoms with Crippen LogP contribution in [0, 0.1) is 0 Å². The normalized spacial score (nSPS) is 11.2. The highest BCUT2D eigenvalue weighted by Crippen LogP contribution is 2.33. The van der Waals surface area contributed by atoms with Crippen LogP contribution in [0.15, 0.2) is 18.2 Å². The maximum atomic E-state index is 5.91. The molecular weight excluding hydrogens is 190 g/mol. The van der Waals surface area contributed by atoms with Gasteiger partial charge in [0.15, 0.2) is 0 Å². The highest BCUT2D eigenvalue weighted by Gasteiger charge is 2.19. The summed E-state index contributed by atoms with van der Waals surface area (Å²) in [5.41, 5.74) is 6.25. The molecule has 0 heterocycles. The number of nitrogens with two attached hydrogens (primary N) is 1. The smallest absolute Gasteiger partial charge is 0.146 e. The minimum atomic E-state index is -0.208. The predicted octanol–water partition coefficient (Wildman–Crippen LogP) is 2.84. The van der Waals surface area contributed by atoms with Crippen molar-refractivity contribution < 1.29 is 9.47 Å². The van der Waals surface area contributed by atoms with Gasteiger partial charge in [-0.2, -0.15) is 0 Å². The van der Waals surface area contributed by atoms with Crippen LogP contribution >= 0.6 is 0 Å². The Morgan fingerprint density at radius 1 is 1.27 bits per heavy atom. The number of hydrogen-bond acceptors (Lipinski definition) is 3. The molecule has 0 saturated carbocycles. The van der Waals surface area contributed by atoms with Crippen LogP contribution in [-0.2, 0) is 0 Å². The number of methoxy groups -OCH3 is 1. The minimum absolute atomic E-state index is 0.208. The first kappa shape index (κ1) is 11.7. The van der Waals surface area contributed by atoms with Crippen molar-refractivity contribution in [1.29, 1.82) is 0 Å². The van der Waals surface area contributed by atoms with E-state index in [1.54, 1.807) is 7.11 Å². The number of ether oxygens (including phenoxy) is 2. The van der Waals surface area contributed by atoms with E-state index in [9.17, 15) is 0 Å². The Morgan fingerprint density at radius 2 is 1.87 bits per heavy atom. The van der Waals surface area contributed by atoms with Crippen LogP contribution in [0.25, 0.3) is 0 Å². The highest BCUT2D eigenvalue weighted by molar-refractivity contribution is 5.62. The monoisotopic (exact) mass is 209 g/mol. The van der Waals surface area contributed by atoms with Gasteiger partial charge in [-0.3, -0.25) is 0 Å². The molecule has 2 N–H and O–H groups in total. The number of nitrogen functional groups attached to an aromatic ring is 1. The lowest BCUT2D eigenvalue weighted by atomic mass is 10.1. The fourth-order valence-electron chi connectivity index (χ4n) is 1.16. The first-order chi connectivity index (χ1) is 7.00. The molecule has 1 aromatic carbocycles. The largest absolute Gasteiger partial charge is 0.494 e. The third-order valence-corrected chi connectivity index (χ3v) is 2.48. The van der Waals surface area contributed by atoms with Crippen molar-refractivity contribution in [1.82, 2.24) is 0 Å². The molecule has 0 atom stereocenters. The standard InChI is InChI=1S/C12H19NO2/c1-5-12(2,3)15-10-8-6-7-9(14-4)11(10)13/h6-8H,5,13H2,1-4H3. The molecule has 0 aromatic heterocycles. The first-order valence-electron chi connectivity index (χ1n) is 5.11. The summed E-state index contributed by atoms with van der Waals surface area (Å²) < 4.78 is 10.9. The van der Waals surface area contributed by atoms with E-state index in [-0.39, 0.29) is 5.60 Å². The molecule has 3 heteroatoms. The highest BCUT2D eigenvalue weighted by atomic mass is 16.5. The fraction of sp³-hybridized carbons (Fsp3) is 0.500. The molecule has 15 heavy (non-hydrogen) atoms. The summed E-state index contributed by atoms with van der Waals surface area (Å²) in [6, 6.07) is 5.55.